The van der Waals surface area contributed by atoms with Gasteiger partial charge in [-0.05, 0) is 49.2 Å². The Bertz CT molecular complexity index is 634. The van der Waals surface area contributed by atoms with Crippen LogP contribution in [0.1, 0.15) is 29.3 Å². The molecule has 1 N–H and O–H groups in total. The molecule has 21 heavy (non-hydrogen) atoms. The number of benzene rings is 2. The summed E-state index contributed by atoms with van der Waals surface area (Å²) >= 11 is 0. The molecular formula is C17H18O4. The van der Waals surface area contributed by atoms with Crippen molar-refractivity contribution in [3.05, 3.63) is 53.6 Å². The topological polar surface area (TPSA) is 55.8 Å². The van der Waals surface area contributed by atoms with Gasteiger partial charge in [0.2, 0.25) is 0 Å². The van der Waals surface area contributed by atoms with E-state index in [9.17, 15) is 4.79 Å². The van der Waals surface area contributed by atoms with Crippen LogP contribution in [0, 0.1) is 6.92 Å². The molecule has 0 amide bonds. The van der Waals surface area contributed by atoms with Gasteiger partial charge in [-0.25, -0.2) is 4.79 Å². The second-order valence-electron chi connectivity index (χ2n) is 4.68. The van der Waals surface area contributed by atoms with Crippen LogP contribution in [-0.2, 0) is 0 Å². The summed E-state index contributed by atoms with van der Waals surface area (Å²) in [6.45, 7) is 4.41. The number of aromatic carboxylic acids is 1. The molecule has 0 saturated heterocycles. The smallest absolute Gasteiger partial charge is 0.335 e. The van der Waals surface area contributed by atoms with Crippen LogP contribution in [0.5, 0.6) is 17.2 Å². The van der Waals surface area contributed by atoms with Crippen molar-refractivity contribution in [3.63, 3.8) is 0 Å². The van der Waals surface area contributed by atoms with Crippen molar-refractivity contribution in [1.29, 1.82) is 0 Å². The van der Waals surface area contributed by atoms with Gasteiger partial charge in [-0.15, -0.1) is 0 Å². The molecule has 0 aromatic heterocycles. The average Bonchev–Trinajstić information content (AvgIpc) is 2.46. The van der Waals surface area contributed by atoms with Crippen molar-refractivity contribution in [2.24, 2.45) is 0 Å². The second-order valence-corrected chi connectivity index (χ2v) is 4.68. The second kappa shape index (κ2) is 6.79. The molecule has 0 saturated carbocycles. The third-order valence-electron chi connectivity index (χ3n) is 2.97. The van der Waals surface area contributed by atoms with Gasteiger partial charge >= 0.3 is 5.97 Å². The zero-order valence-electron chi connectivity index (χ0n) is 12.1. The molecule has 4 heteroatoms. The number of rotatable bonds is 6. The fraction of sp³-hybridized carbons (Fsp3) is 0.235. The summed E-state index contributed by atoms with van der Waals surface area (Å²) in [4.78, 5) is 11.0. The summed E-state index contributed by atoms with van der Waals surface area (Å²) in [5.41, 5.74) is 0.935. The first-order valence-electron chi connectivity index (χ1n) is 6.85. The van der Waals surface area contributed by atoms with Gasteiger partial charge < -0.3 is 14.6 Å². The number of aryl methyl sites for hydroxylation is 1. The fourth-order valence-corrected chi connectivity index (χ4v) is 1.93. The predicted molar refractivity (Wildman–Crippen MR) is 80.4 cm³/mol. The maximum absolute atomic E-state index is 11.0. The monoisotopic (exact) mass is 286 g/mol. The van der Waals surface area contributed by atoms with Gasteiger partial charge in [-0.2, -0.15) is 0 Å². The van der Waals surface area contributed by atoms with Crippen molar-refractivity contribution in [1.82, 2.24) is 0 Å². The van der Waals surface area contributed by atoms with Crippen LogP contribution in [0.3, 0.4) is 0 Å². The van der Waals surface area contributed by atoms with Crippen LogP contribution in [0.2, 0.25) is 0 Å². The molecule has 0 aliphatic carbocycles. The van der Waals surface area contributed by atoms with Gasteiger partial charge in [0.1, 0.15) is 5.75 Å². The van der Waals surface area contributed by atoms with Crippen LogP contribution in [0.4, 0.5) is 0 Å². The first-order chi connectivity index (χ1) is 10.1. The van der Waals surface area contributed by atoms with Gasteiger partial charge in [0.15, 0.2) is 11.5 Å². The van der Waals surface area contributed by atoms with E-state index in [1.165, 1.54) is 0 Å². The zero-order chi connectivity index (χ0) is 15.2. The molecule has 0 heterocycles. The van der Waals surface area contributed by atoms with Crippen molar-refractivity contribution >= 4 is 5.97 Å². The van der Waals surface area contributed by atoms with E-state index in [0.717, 1.165) is 6.42 Å². The Hall–Kier alpha value is -2.49. The van der Waals surface area contributed by atoms with E-state index in [0.29, 0.717) is 29.4 Å². The van der Waals surface area contributed by atoms with Gasteiger partial charge in [0.25, 0.3) is 0 Å². The number of ether oxygens (including phenoxy) is 2. The lowest BCUT2D eigenvalue weighted by molar-refractivity contribution is 0.0696. The minimum Gasteiger partial charge on any atom is -0.490 e. The quantitative estimate of drug-likeness (QED) is 0.861. The maximum Gasteiger partial charge on any atom is 0.335 e. The molecule has 0 fully saturated rings. The summed E-state index contributed by atoms with van der Waals surface area (Å²) in [6, 6.07) is 12.3. The van der Waals surface area contributed by atoms with Crippen molar-refractivity contribution in [2.75, 3.05) is 6.61 Å². The van der Waals surface area contributed by atoms with E-state index >= 15 is 0 Å². The van der Waals surface area contributed by atoms with Crippen LogP contribution in [0.15, 0.2) is 42.5 Å². The SMILES string of the molecule is CCCOc1ccccc1Oc1ccc(C(=O)O)c(C)c1. The molecule has 0 spiro atoms. The van der Waals surface area contributed by atoms with Crippen LogP contribution >= 0.6 is 0 Å². The normalized spacial score (nSPS) is 10.2. The number of hydrogen-bond donors (Lipinski definition) is 1. The minimum atomic E-state index is -0.939. The lowest BCUT2D eigenvalue weighted by Gasteiger charge is -2.12. The summed E-state index contributed by atoms with van der Waals surface area (Å²) in [6.07, 6.45) is 0.917. The van der Waals surface area contributed by atoms with Gasteiger partial charge in [0.05, 0.1) is 12.2 Å². The lowest BCUT2D eigenvalue weighted by Crippen LogP contribution is -2.00. The molecule has 2 rings (SSSR count). The highest BCUT2D eigenvalue weighted by Gasteiger charge is 2.10. The van der Waals surface area contributed by atoms with E-state index in [1.807, 2.05) is 31.2 Å². The zero-order valence-corrected chi connectivity index (χ0v) is 12.1. The largest absolute Gasteiger partial charge is 0.490 e. The molecule has 0 unspecified atom stereocenters. The number of hydrogen-bond acceptors (Lipinski definition) is 3. The molecule has 0 bridgehead atoms. The highest BCUT2D eigenvalue weighted by Crippen LogP contribution is 2.32. The van der Waals surface area contributed by atoms with Gasteiger partial charge in [0, 0.05) is 0 Å². The molecule has 0 aliphatic heterocycles. The Balaban J connectivity index is 2.22. The van der Waals surface area contributed by atoms with Crippen molar-refractivity contribution in [3.8, 4) is 17.2 Å². The summed E-state index contributed by atoms with van der Waals surface area (Å²) in [5, 5.41) is 9.03. The highest BCUT2D eigenvalue weighted by atomic mass is 16.5. The molecule has 110 valence electrons. The Kier molecular flexibility index (Phi) is 4.82. The summed E-state index contributed by atoms with van der Waals surface area (Å²) in [5.74, 6) is 0.948. The van der Waals surface area contributed by atoms with E-state index < -0.39 is 5.97 Å². The third kappa shape index (κ3) is 3.75. The van der Waals surface area contributed by atoms with Crippen LogP contribution < -0.4 is 9.47 Å². The minimum absolute atomic E-state index is 0.276. The average molecular weight is 286 g/mol. The first kappa shape index (κ1) is 14.9. The molecule has 4 nitrogen and oxygen atoms in total. The van der Waals surface area contributed by atoms with Crippen LogP contribution in [-0.4, -0.2) is 17.7 Å². The Morgan fingerprint density at radius 2 is 1.86 bits per heavy atom. The summed E-state index contributed by atoms with van der Waals surface area (Å²) in [7, 11) is 0. The Labute approximate surface area is 123 Å². The molecule has 2 aromatic carbocycles. The van der Waals surface area contributed by atoms with Crippen molar-refractivity contribution in [2.45, 2.75) is 20.3 Å². The molecular weight excluding hydrogens is 268 g/mol. The first-order valence-corrected chi connectivity index (χ1v) is 6.85. The fourth-order valence-electron chi connectivity index (χ4n) is 1.93. The van der Waals surface area contributed by atoms with Gasteiger partial charge in [-0.1, -0.05) is 19.1 Å². The third-order valence-corrected chi connectivity index (χ3v) is 2.97. The van der Waals surface area contributed by atoms with Crippen molar-refractivity contribution < 1.29 is 19.4 Å². The predicted octanol–water partition coefficient (Wildman–Crippen LogP) is 4.27. The Morgan fingerprint density at radius 1 is 1.14 bits per heavy atom. The maximum atomic E-state index is 11.0. The molecule has 0 radical (unpaired) electrons. The number of para-hydroxylation sites is 2. The standard InChI is InChI=1S/C17H18O4/c1-3-10-20-15-6-4-5-7-16(15)21-13-8-9-14(17(18)19)12(2)11-13/h4-9,11H,3,10H2,1-2H3,(H,18,19). The number of carbonyl (C=O) groups is 1. The van der Waals surface area contributed by atoms with E-state index in [1.54, 1.807) is 25.1 Å². The number of carboxylic acid groups (broad SMARTS) is 1. The van der Waals surface area contributed by atoms with Crippen LogP contribution in [0.25, 0.3) is 0 Å². The molecule has 0 atom stereocenters. The summed E-state index contributed by atoms with van der Waals surface area (Å²) < 4.78 is 11.4. The Morgan fingerprint density at radius 3 is 2.48 bits per heavy atom. The highest BCUT2D eigenvalue weighted by molar-refractivity contribution is 5.89. The number of carboxylic acids is 1. The molecule has 2 aromatic rings. The van der Waals surface area contributed by atoms with Gasteiger partial charge in [-0.3, -0.25) is 0 Å². The van der Waals surface area contributed by atoms with E-state index in [-0.39, 0.29) is 5.56 Å². The molecule has 0 aliphatic rings. The van der Waals surface area contributed by atoms with E-state index in [4.69, 9.17) is 14.6 Å². The lowest BCUT2D eigenvalue weighted by atomic mass is 10.1. The van der Waals surface area contributed by atoms with E-state index in [2.05, 4.69) is 0 Å².